The molecule has 5 rings (SSSR count). The SMILES string of the molecule is Cc1nc(-c2ccco2)nc2sc(C(=O)N3CCN(c4ccccc4Cl)CC3)c(C)c12. The predicted molar refractivity (Wildman–Crippen MR) is 124 cm³/mol. The van der Waals surface area contributed by atoms with Crippen LogP contribution >= 0.6 is 22.9 Å². The van der Waals surface area contributed by atoms with Crippen LogP contribution in [0, 0.1) is 13.8 Å². The van der Waals surface area contributed by atoms with Crippen LogP contribution in [0.1, 0.15) is 20.9 Å². The van der Waals surface area contributed by atoms with Crippen molar-refractivity contribution < 1.29 is 9.21 Å². The predicted octanol–water partition coefficient (Wildman–Crippen LogP) is 5.18. The number of rotatable bonds is 3. The second kappa shape index (κ2) is 7.98. The van der Waals surface area contributed by atoms with E-state index in [0.29, 0.717) is 24.7 Å². The topological polar surface area (TPSA) is 62.5 Å². The van der Waals surface area contributed by atoms with E-state index in [-0.39, 0.29) is 5.91 Å². The number of carbonyl (C=O) groups is 1. The molecule has 0 bridgehead atoms. The van der Waals surface area contributed by atoms with Crippen molar-refractivity contribution in [1.82, 2.24) is 14.9 Å². The summed E-state index contributed by atoms with van der Waals surface area (Å²) in [5, 5.41) is 1.70. The quantitative estimate of drug-likeness (QED) is 0.428. The molecule has 1 aliphatic heterocycles. The molecule has 0 atom stereocenters. The molecule has 1 amide bonds. The summed E-state index contributed by atoms with van der Waals surface area (Å²) in [6.45, 7) is 6.74. The minimum absolute atomic E-state index is 0.0539. The molecule has 31 heavy (non-hydrogen) atoms. The van der Waals surface area contributed by atoms with Crippen LogP contribution in [0.2, 0.25) is 5.02 Å². The van der Waals surface area contributed by atoms with Crippen molar-refractivity contribution in [2.24, 2.45) is 0 Å². The molecule has 0 aliphatic carbocycles. The minimum atomic E-state index is 0.0539. The molecule has 0 spiro atoms. The van der Waals surface area contributed by atoms with Crippen LogP contribution in [0.3, 0.4) is 0 Å². The molecule has 158 valence electrons. The smallest absolute Gasteiger partial charge is 0.264 e. The molecule has 0 radical (unpaired) electrons. The number of para-hydroxylation sites is 1. The Bertz CT molecular complexity index is 1260. The first kappa shape index (κ1) is 20.0. The number of furan rings is 1. The van der Waals surface area contributed by atoms with Gasteiger partial charge in [-0.2, -0.15) is 0 Å². The van der Waals surface area contributed by atoms with Gasteiger partial charge < -0.3 is 14.2 Å². The number of nitrogens with zero attached hydrogens (tertiary/aromatic N) is 4. The van der Waals surface area contributed by atoms with E-state index in [9.17, 15) is 4.79 Å². The molecular formula is C23H21ClN4O2S. The zero-order chi connectivity index (χ0) is 21.5. The van der Waals surface area contributed by atoms with E-state index in [1.807, 2.05) is 55.1 Å². The molecular weight excluding hydrogens is 432 g/mol. The number of thiophene rings is 1. The van der Waals surface area contributed by atoms with Crippen LogP contribution in [0.4, 0.5) is 5.69 Å². The first-order chi connectivity index (χ1) is 15.0. The van der Waals surface area contributed by atoms with Gasteiger partial charge in [0.25, 0.3) is 5.91 Å². The number of fused-ring (bicyclic) bond motifs is 1. The van der Waals surface area contributed by atoms with Crippen molar-refractivity contribution >= 4 is 44.7 Å². The molecule has 8 heteroatoms. The highest BCUT2D eigenvalue weighted by Crippen LogP contribution is 2.34. The lowest BCUT2D eigenvalue weighted by atomic mass is 10.1. The molecule has 3 aromatic heterocycles. The Hall–Kier alpha value is -2.90. The average Bonchev–Trinajstić information content (AvgIpc) is 3.42. The number of piperazine rings is 1. The molecule has 0 unspecified atom stereocenters. The van der Waals surface area contributed by atoms with Gasteiger partial charge in [-0.25, -0.2) is 9.97 Å². The fourth-order valence-electron chi connectivity index (χ4n) is 4.06. The highest BCUT2D eigenvalue weighted by molar-refractivity contribution is 7.20. The van der Waals surface area contributed by atoms with Gasteiger partial charge in [0.2, 0.25) is 0 Å². The second-order valence-corrected chi connectivity index (χ2v) is 8.98. The molecule has 4 aromatic rings. The van der Waals surface area contributed by atoms with Gasteiger partial charge in [0.1, 0.15) is 4.83 Å². The number of carbonyl (C=O) groups excluding carboxylic acids is 1. The number of halogens is 1. The summed E-state index contributed by atoms with van der Waals surface area (Å²) < 4.78 is 5.45. The summed E-state index contributed by atoms with van der Waals surface area (Å²) in [7, 11) is 0. The van der Waals surface area contributed by atoms with Gasteiger partial charge in [0.15, 0.2) is 11.6 Å². The van der Waals surface area contributed by atoms with Crippen molar-refractivity contribution in [2.45, 2.75) is 13.8 Å². The number of hydrogen-bond acceptors (Lipinski definition) is 6. The molecule has 6 nitrogen and oxygen atoms in total. The Morgan fingerprint density at radius 3 is 2.55 bits per heavy atom. The number of amides is 1. The highest BCUT2D eigenvalue weighted by atomic mass is 35.5. The zero-order valence-corrected chi connectivity index (χ0v) is 18.8. The van der Waals surface area contributed by atoms with Gasteiger partial charge in [-0.1, -0.05) is 23.7 Å². The van der Waals surface area contributed by atoms with E-state index in [0.717, 1.165) is 50.2 Å². The summed E-state index contributed by atoms with van der Waals surface area (Å²) >= 11 is 7.77. The number of benzene rings is 1. The van der Waals surface area contributed by atoms with Gasteiger partial charge >= 0.3 is 0 Å². The van der Waals surface area contributed by atoms with Crippen LogP contribution in [-0.4, -0.2) is 47.0 Å². The summed E-state index contributed by atoms with van der Waals surface area (Å²) in [4.78, 5) is 28.3. The van der Waals surface area contributed by atoms with E-state index >= 15 is 0 Å². The summed E-state index contributed by atoms with van der Waals surface area (Å²) in [6.07, 6.45) is 1.61. The van der Waals surface area contributed by atoms with Gasteiger partial charge in [0, 0.05) is 31.6 Å². The standard InChI is InChI=1S/C23H21ClN4O2S/c1-14-19-15(2)25-21(18-8-5-13-30-18)26-22(19)31-20(14)23(29)28-11-9-27(10-12-28)17-7-4-3-6-16(17)24/h3-8,13H,9-12H2,1-2H3. The Labute approximate surface area is 189 Å². The normalized spacial score (nSPS) is 14.4. The molecule has 4 heterocycles. The second-order valence-electron chi connectivity index (χ2n) is 7.58. The van der Waals surface area contributed by atoms with E-state index in [1.54, 1.807) is 6.26 Å². The fourth-order valence-corrected chi connectivity index (χ4v) is 5.52. The van der Waals surface area contributed by atoms with Crippen LogP contribution in [0.25, 0.3) is 21.8 Å². The monoisotopic (exact) mass is 452 g/mol. The summed E-state index contributed by atoms with van der Waals surface area (Å²) in [6, 6.07) is 11.5. The Morgan fingerprint density at radius 2 is 1.84 bits per heavy atom. The fraction of sp³-hybridized carbons (Fsp3) is 0.261. The molecule has 1 fully saturated rings. The minimum Gasteiger partial charge on any atom is -0.461 e. The zero-order valence-electron chi connectivity index (χ0n) is 17.3. The van der Waals surface area contributed by atoms with Crippen molar-refractivity contribution in [2.75, 3.05) is 31.1 Å². The van der Waals surface area contributed by atoms with Crippen molar-refractivity contribution in [3.63, 3.8) is 0 Å². The van der Waals surface area contributed by atoms with Crippen LogP contribution < -0.4 is 4.90 Å². The largest absolute Gasteiger partial charge is 0.461 e. The molecule has 1 aromatic carbocycles. The van der Waals surface area contributed by atoms with Gasteiger partial charge in [-0.3, -0.25) is 4.79 Å². The average molecular weight is 453 g/mol. The maximum Gasteiger partial charge on any atom is 0.264 e. The van der Waals surface area contributed by atoms with E-state index < -0.39 is 0 Å². The maximum atomic E-state index is 13.4. The van der Waals surface area contributed by atoms with Crippen LogP contribution in [0.5, 0.6) is 0 Å². The third-order valence-corrected chi connectivity index (χ3v) is 7.16. The number of aromatic nitrogens is 2. The molecule has 0 saturated carbocycles. The first-order valence-corrected chi connectivity index (χ1v) is 11.3. The number of anilines is 1. The van der Waals surface area contributed by atoms with Crippen molar-refractivity contribution in [3.05, 3.63) is 63.8 Å². The molecule has 1 saturated heterocycles. The van der Waals surface area contributed by atoms with Gasteiger partial charge in [-0.05, 0) is 43.7 Å². The van der Waals surface area contributed by atoms with Gasteiger partial charge in [-0.15, -0.1) is 11.3 Å². The van der Waals surface area contributed by atoms with E-state index in [4.69, 9.17) is 16.0 Å². The van der Waals surface area contributed by atoms with Crippen molar-refractivity contribution in [3.8, 4) is 11.6 Å². The van der Waals surface area contributed by atoms with E-state index in [1.165, 1.54) is 11.3 Å². The third kappa shape index (κ3) is 3.58. The Balaban J connectivity index is 1.40. The van der Waals surface area contributed by atoms with Crippen molar-refractivity contribution in [1.29, 1.82) is 0 Å². The van der Waals surface area contributed by atoms with Crippen LogP contribution in [-0.2, 0) is 0 Å². The lowest BCUT2D eigenvalue weighted by molar-refractivity contribution is 0.0751. The maximum absolute atomic E-state index is 13.4. The van der Waals surface area contributed by atoms with Crippen LogP contribution in [0.15, 0.2) is 47.1 Å². The highest BCUT2D eigenvalue weighted by Gasteiger charge is 2.27. The molecule has 0 N–H and O–H groups in total. The number of hydrogen-bond donors (Lipinski definition) is 0. The first-order valence-electron chi connectivity index (χ1n) is 10.1. The van der Waals surface area contributed by atoms with E-state index in [2.05, 4.69) is 14.9 Å². The summed E-state index contributed by atoms with van der Waals surface area (Å²) in [5.41, 5.74) is 2.82. The third-order valence-electron chi connectivity index (χ3n) is 5.67. The summed E-state index contributed by atoms with van der Waals surface area (Å²) in [5.74, 6) is 1.22. The Kier molecular flexibility index (Phi) is 5.16. The van der Waals surface area contributed by atoms with Gasteiger partial charge in [0.05, 0.1) is 27.5 Å². The lowest BCUT2D eigenvalue weighted by Crippen LogP contribution is -2.48. The molecule has 1 aliphatic rings. The Morgan fingerprint density at radius 1 is 1.06 bits per heavy atom. The lowest BCUT2D eigenvalue weighted by Gasteiger charge is -2.36. The number of aryl methyl sites for hydroxylation is 2.